The van der Waals surface area contributed by atoms with Gasteiger partial charge in [-0.2, -0.15) is 0 Å². The molecule has 8 rings (SSSR count). The zero-order valence-corrected chi connectivity index (χ0v) is 26.5. The Morgan fingerprint density at radius 3 is 2.48 bits per heavy atom. The van der Waals surface area contributed by atoms with Crippen LogP contribution in [0.5, 0.6) is 0 Å². The van der Waals surface area contributed by atoms with E-state index in [2.05, 4.69) is 6.92 Å². The number of ether oxygens (including phenoxy) is 7. The van der Waals surface area contributed by atoms with Gasteiger partial charge in [-0.25, -0.2) is 4.79 Å². The molecular weight excluding hydrogens is 608 g/mol. The van der Waals surface area contributed by atoms with E-state index >= 15 is 0 Å². The molecule has 4 N–H and O–H groups in total. The molecule has 3 aliphatic carbocycles. The van der Waals surface area contributed by atoms with Crippen LogP contribution in [0.15, 0.2) is 11.1 Å². The highest BCUT2D eigenvalue weighted by atomic mass is 16.8. The van der Waals surface area contributed by atoms with Crippen LogP contribution in [0, 0.1) is 22.7 Å². The third-order valence-electron chi connectivity index (χ3n) is 12.5. The maximum absolute atomic E-state index is 13.8. The fourth-order valence-electron chi connectivity index (χ4n) is 9.88. The molecule has 14 nitrogen and oxygen atoms in total. The molecule has 46 heavy (non-hydrogen) atoms. The van der Waals surface area contributed by atoms with Crippen LogP contribution >= 0.6 is 0 Å². The lowest BCUT2D eigenvalue weighted by Crippen LogP contribution is -2.70. The Morgan fingerprint density at radius 1 is 1.04 bits per heavy atom. The van der Waals surface area contributed by atoms with Gasteiger partial charge in [-0.15, -0.1) is 0 Å². The van der Waals surface area contributed by atoms with Gasteiger partial charge in [0, 0.05) is 11.0 Å². The number of aliphatic hydroxyl groups excluding tert-OH is 4. The Kier molecular flexibility index (Phi) is 6.43. The standard InChI is InChI=1S/C32H42O14/c1-12(2)30-22(45-30)23-32(46-23)29(5)7-6-13-14(11-40-24(13)38)15(29)8-17-31(32,44-17)26(30)42-18(34)9-28(3,4)27(39)43-25-21(37)20(36)19(35)16(10-33)41-25/h12,15-17,19-23,25-26,33,35-37H,6-11H2,1-5H3/t15-,16?,17-,19+,20?,21?,22-,23-,25-,26+,29-,30-,31+,32+/m0/s1. The molecule has 5 heterocycles. The molecule has 14 heteroatoms. The van der Waals surface area contributed by atoms with Crippen molar-refractivity contribution in [1.82, 2.24) is 0 Å². The summed E-state index contributed by atoms with van der Waals surface area (Å²) >= 11 is 0. The summed E-state index contributed by atoms with van der Waals surface area (Å²) in [7, 11) is 0. The first-order valence-electron chi connectivity index (χ1n) is 16.2. The first-order chi connectivity index (χ1) is 21.6. The molecular formula is C32H42O14. The Morgan fingerprint density at radius 2 is 1.78 bits per heavy atom. The second-order valence-electron chi connectivity index (χ2n) is 15.5. The summed E-state index contributed by atoms with van der Waals surface area (Å²) in [6, 6.07) is 0. The van der Waals surface area contributed by atoms with Gasteiger partial charge in [-0.3, -0.25) is 9.59 Å². The summed E-state index contributed by atoms with van der Waals surface area (Å²) in [5.74, 6) is -1.86. The molecule has 6 fully saturated rings. The molecule has 2 spiro atoms. The van der Waals surface area contributed by atoms with E-state index in [1.54, 1.807) is 0 Å². The van der Waals surface area contributed by atoms with E-state index in [0.717, 1.165) is 11.1 Å². The summed E-state index contributed by atoms with van der Waals surface area (Å²) in [5.41, 5.74) is -2.63. The van der Waals surface area contributed by atoms with E-state index in [9.17, 15) is 34.8 Å². The molecule has 254 valence electrons. The van der Waals surface area contributed by atoms with Crippen LogP contribution in [-0.2, 0) is 47.5 Å². The van der Waals surface area contributed by atoms with Crippen molar-refractivity contribution in [3.05, 3.63) is 11.1 Å². The smallest absolute Gasteiger partial charge is 0.334 e. The molecule has 8 aliphatic rings. The van der Waals surface area contributed by atoms with E-state index in [1.165, 1.54) is 13.8 Å². The van der Waals surface area contributed by atoms with Crippen molar-refractivity contribution in [3.63, 3.8) is 0 Å². The lowest BCUT2D eigenvalue weighted by atomic mass is 9.46. The zero-order chi connectivity index (χ0) is 32.9. The summed E-state index contributed by atoms with van der Waals surface area (Å²) in [6.07, 6.45) is -8.18. The third kappa shape index (κ3) is 3.62. The van der Waals surface area contributed by atoms with Gasteiger partial charge in [0.25, 0.3) is 0 Å². The SMILES string of the molecule is CC(C)[C@]12O[C@H]1[C@@H]1O[C@]13[C@]1(O[C@H]1C[C@H]1C4=C(CC[C@@]13C)C(=O)OC4)[C@@H]2OC(=O)CC(C)(C)C(=O)O[C@@H]1OC(CO)[C@@H](O)C(O)C1O. The highest BCUT2D eigenvalue weighted by Gasteiger charge is 3.01. The Balaban J connectivity index is 1.04. The monoisotopic (exact) mass is 650 g/mol. The molecule has 3 unspecified atom stereocenters. The van der Waals surface area contributed by atoms with Crippen LogP contribution in [0.2, 0.25) is 0 Å². The molecule has 0 aromatic carbocycles. The predicted molar refractivity (Wildman–Crippen MR) is 149 cm³/mol. The third-order valence-corrected chi connectivity index (χ3v) is 12.5. The number of aliphatic hydroxyl groups is 4. The zero-order valence-electron chi connectivity index (χ0n) is 26.5. The van der Waals surface area contributed by atoms with Crippen LogP contribution in [0.4, 0.5) is 0 Å². The largest absolute Gasteiger partial charge is 0.458 e. The summed E-state index contributed by atoms with van der Waals surface area (Å²) in [4.78, 5) is 39.5. The van der Waals surface area contributed by atoms with Gasteiger partial charge in [-0.1, -0.05) is 20.8 Å². The lowest BCUT2D eigenvalue weighted by molar-refractivity contribution is -0.295. The number of cyclic esters (lactones) is 1. The Labute approximate surface area is 265 Å². The fourth-order valence-corrected chi connectivity index (χ4v) is 9.88. The molecule has 0 radical (unpaired) electrons. The number of hydrogen-bond acceptors (Lipinski definition) is 14. The molecule has 0 aromatic heterocycles. The van der Waals surface area contributed by atoms with E-state index in [4.69, 9.17) is 33.2 Å². The number of carbonyl (C=O) groups is 3. The Bertz CT molecular complexity index is 1420. The maximum atomic E-state index is 13.8. The first-order valence-corrected chi connectivity index (χ1v) is 16.2. The fraction of sp³-hybridized carbons (Fsp3) is 0.844. The number of fused-ring (bicyclic) bond motifs is 4. The minimum absolute atomic E-state index is 0.0195. The van der Waals surface area contributed by atoms with Gasteiger partial charge in [0.1, 0.15) is 54.4 Å². The van der Waals surface area contributed by atoms with Crippen LogP contribution in [0.1, 0.15) is 60.3 Å². The van der Waals surface area contributed by atoms with Gasteiger partial charge in [-0.05, 0) is 50.5 Å². The van der Waals surface area contributed by atoms with Crippen molar-refractivity contribution in [3.8, 4) is 0 Å². The van der Waals surface area contributed by atoms with Gasteiger partial charge in [0.15, 0.2) is 11.7 Å². The summed E-state index contributed by atoms with van der Waals surface area (Å²) in [5, 5.41) is 39.9. The predicted octanol–water partition coefficient (Wildman–Crippen LogP) is -0.587. The van der Waals surface area contributed by atoms with Gasteiger partial charge in [0.05, 0.1) is 24.5 Å². The van der Waals surface area contributed by atoms with Crippen molar-refractivity contribution >= 4 is 17.9 Å². The second kappa shape index (κ2) is 9.50. The van der Waals surface area contributed by atoms with Crippen molar-refractivity contribution in [2.75, 3.05) is 13.2 Å². The van der Waals surface area contributed by atoms with Crippen LogP contribution in [-0.4, -0.2) is 123 Å². The topological polar surface area (TPSA) is 207 Å². The number of hydrogen-bond donors (Lipinski definition) is 4. The highest BCUT2D eigenvalue weighted by Crippen LogP contribution is 2.83. The van der Waals surface area contributed by atoms with Crippen molar-refractivity contribution in [2.45, 2.75) is 132 Å². The van der Waals surface area contributed by atoms with E-state index in [0.29, 0.717) is 19.3 Å². The van der Waals surface area contributed by atoms with E-state index < -0.39 is 89.4 Å². The van der Waals surface area contributed by atoms with E-state index in [1.807, 2.05) is 13.8 Å². The maximum Gasteiger partial charge on any atom is 0.334 e. The van der Waals surface area contributed by atoms with Gasteiger partial charge in [0.2, 0.25) is 6.29 Å². The van der Waals surface area contributed by atoms with Crippen LogP contribution in [0.3, 0.4) is 0 Å². The molecule has 0 bridgehead atoms. The molecule has 14 atom stereocenters. The van der Waals surface area contributed by atoms with Gasteiger partial charge >= 0.3 is 17.9 Å². The second-order valence-corrected chi connectivity index (χ2v) is 15.5. The quantitative estimate of drug-likeness (QED) is 0.154. The van der Waals surface area contributed by atoms with Crippen molar-refractivity contribution in [2.24, 2.45) is 22.7 Å². The average Bonchev–Trinajstić information content (AvgIpc) is 3.91. The van der Waals surface area contributed by atoms with Gasteiger partial charge < -0.3 is 53.6 Å². The highest BCUT2D eigenvalue weighted by molar-refractivity contribution is 5.92. The number of esters is 3. The van der Waals surface area contributed by atoms with Crippen LogP contribution < -0.4 is 0 Å². The normalized spacial score (nSPS) is 51.0. The molecule has 5 aliphatic heterocycles. The number of epoxide rings is 3. The van der Waals surface area contributed by atoms with E-state index in [-0.39, 0.29) is 42.7 Å². The lowest BCUT2D eigenvalue weighted by Gasteiger charge is -2.53. The minimum Gasteiger partial charge on any atom is -0.458 e. The summed E-state index contributed by atoms with van der Waals surface area (Å²) < 4.78 is 42.2. The molecule has 4 saturated heterocycles. The Hall–Kier alpha value is -2.17. The number of carbonyl (C=O) groups excluding carboxylic acids is 3. The van der Waals surface area contributed by atoms with Crippen LogP contribution in [0.25, 0.3) is 0 Å². The molecule has 0 aromatic rings. The van der Waals surface area contributed by atoms with Crippen molar-refractivity contribution < 1.29 is 68.0 Å². The molecule has 0 amide bonds. The molecule has 2 saturated carbocycles. The number of rotatable bonds is 7. The minimum atomic E-state index is -1.77. The first kappa shape index (κ1) is 31.1. The summed E-state index contributed by atoms with van der Waals surface area (Å²) in [6.45, 7) is 8.77. The average molecular weight is 651 g/mol. The van der Waals surface area contributed by atoms with Crippen molar-refractivity contribution in [1.29, 1.82) is 0 Å².